The summed E-state index contributed by atoms with van der Waals surface area (Å²) in [5.41, 5.74) is 13.8. The molecule has 9 nitrogen and oxygen atoms in total. The molecule has 1 aromatic carbocycles. The number of hydrogen-bond acceptors (Lipinski definition) is 9. The monoisotopic (exact) mass is 544 g/mol. The van der Waals surface area contributed by atoms with Crippen molar-refractivity contribution in [3.8, 4) is 28.8 Å². The van der Waals surface area contributed by atoms with Gasteiger partial charge in [0.2, 0.25) is 5.82 Å². The van der Waals surface area contributed by atoms with Crippen molar-refractivity contribution in [3.05, 3.63) is 54.0 Å². The number of aryl methyl sites for hydroxylation is 1. The molecular weight excluding hydrogens is 500 g/mol. The van der Waals surface area contributed by atoms with Gasteiger partial charge in [-0.3, -0.25) is 4.90 Å². The van der Waals surface area contributed by atoms with Gasteiger partial charge in [0.1, 0.15) is 17.4 Å². The van der Waals surface area contributed by atoms with Crippen molar-refractivity contribution in [2.24, 2.45) is 11.7 Å². The Morgan fingerprint density at radius 3 is 2.58 bits per heavy atom. The minimum Gasteiger partial charge on any atom is -0.507 e. The van der Waals surface area contributed by atoms with E-state index < -0.39 is 0 Å². The number of nitrogen functional groups attached to an aromatic ring is 1. The first-order valence-corrected chi connectivity index (χ1v) is 14.3. The number of likely N-dealkylation sites (tertiary alicyclic amines) is 1. The predicted octanol–water partition coefficient (Wildman–Crippen LogP) is 4.25. The quantitative estimate of drug-likeness (QED) is 0.414. The number of benzene rings is 1. The van der Waals surface area contributed by atoms with Crippen LogP contribution in [0.3, 0.4) is 0 Å². The first-order chi connectivity index (χ1) is 19.4. The standard InChI is InChI=1S/C18H27N5.C11H11N3O.C2H6/c1-15-8-12-22(13-15)10-4-6-17-20-9-7-18(21-17)23-11-3-2-5-16(19)14-23;1-7-6-9(13-14-11(7)12)8-4-2-3-5-10(8)15;1-2/h7,9,15-16H,2-3,5,8,10-14,19H2,1H3;2-6,15H,1H3,(H2,12,14);1-2H3/t15?,16-;;/m1../s1. The molecular formula is C31H44N8O. The molecule has 0 aliphatic carbocycles. The maximum atomic E-state index is 9.63. The summed E-state index contributed by atoms with van der Waals surface area (Å²) < 4.78 is 0. The van der Waals surface area contributed by atoms with Crippen LogP contribution in [0.15, 0.2) is 42.6 Å². The molecule has 40 heavy (non-hydrogen) atoms. The zero-order valence-electron chi connectivity index (χ0n) is 24.3. The number of para-hydroxylation sites is 1. The first kappa shape index (κ1) is 30.8. The molecule has 2 aliphatic rings. The largest absolute Gasteiger partial charge is 0.507 e. The third-order valence-electron chi connectivity index (χ3n) is 6.89. The number of rotatable bonds is 3. The van der Waals surface area contributed by atoms with Crippen LogP contribution in [0.25, 0.3) is 11.3 Å². The number of nitrogens with zero attached hydrogens (tertiary/aromatic N) is 6. The minimum atomic E-state index is 0.191. The Balaban J connectivity index is 0.000000224. The Labute approximate surface area is 239 Å². The fourth-order valence-corrected chi connectivity index (χ4v) is 4.69. The first-order valence-electron chi connectivity index (χ1n) is 14.3. The highest BCUT2D eigenvalue weighted by molar-refractivity contribution is 5.67. The summed E-state index contributed by atoms with van der Waals surface area (Å²) in [6, 6.07) is 11.0. The van der Waals surface area contributed by atoms with Gasteiger partial charge in [0.25, 0.3) is 0 Å². The summed E-state index contributed by atoms with van der Waals surface area (Å²) in [4.78, 5) is 13.6. The number of hydrogen-bond donors (Lipinski definition) is 3. The number of nitrogens with two attached hydrogens (primary N) is 2. The van der Waals surface area contributed by atoms with Gasteiger partial charge in [0, 0.05) is 37.4 Å². The highest BCUT2D eigenvalue weighted by Crippen LogP contribution is 2.27. The summed E-state index contributed by atoms with van der Waals surface area (Å²) in [5, 5.41) is 17.4. The maximum Gasteiger partial charge on any atom is 0.206 e. The molecule has 0 bridgehead atoms. The molecule has 2 aliphatic heterocycles. The Morgan fingerprint density at radius 2 is 1.85 bits per heavy atom. The molecule has 1 unspecified atom stereocenters. The van der Waals surface area contributed by atoms with E-state index in [0.717, 1.165) is 56.4 Å². The number of phenols is 1. The van der Waals surface area contributed by atoms with E-state index in [-0.39, 0.29) is 11.8 Å². The van der Waals surface area contributed by atoms with E-state index in [1.807, 2.05) is 32.9 Å². The van der Waals surface area contributed by atoms with Gasteiger partial charge in [-0.2, -0.15) is 0 Å². The van der Waals surface area contributed by atoms with Crippen LogP contribution in [0.1, 0.15) is 57.8 Å². The van der Waals surface area contributed by atoms with E-state index in [9.17, 15) is 5.11 Å². The highest BCUT2D eigenvalue weighted by Gasteiger charge is 2.18. The Hall–Kier alpha value is -3.74. The van der Waals surface area contributed by atoms with Crippen molar-refractivity contribution >= 4 is 11.6 Å². The molecule has 9 heteroatoms. The van der Waals surface area contributed by atoms with Gasteiger partial charge in [-0.1, -0.05) is 45.2 Å². The number of phenolic OH excluding ortho intramolecular Hbond substituents is 1. The number of anilines is 2. The smallest absolute Gasteiger partial charge is 0.206 e. The fraction of sp³-hybridized carbons (Fsp3) is 0.484. The second kappa shape index (κ2) is 15.8. The van der Waals surface area contributed by atoms with Crippen LogP contribution < -0.4 is 16.4 Å². The fourth-order valence-electron chi connectivity index (χ4n) is 4.69. The van der Waals surface area contributed by atoms with Crippen molar-refractivity contribution in [3.63, 3.8) is 0 Å². The average molecular weight is 545 g/mol. The SMILES string of the molecule is CC.CC1CCN(CC#Cc2nccc(N3CCCC[C@@H](N)C3)n2)C1.Cc1cc(-c2ccccc2O)nnc1N. The molecule has 2 fully saturated rings. The van der Waals surface area contributed by atoms with Crippen LogP contribution >= 0.6 is 0 Å². The van der Waals surface area contributed by atoms with E-state index in [0.29, 0.717) is 22.9 Å². The molecule has 3 aromatic rings. The van der Waals surface area contributed by atoms with Crippen molar-refractivity contribution < 1.29 is 5.11 Å². The van der Waals surface area contributed by atoms with Crippen molar-refractivity contribution in [2.45, 2.75) is 59.4 Å². The van der Waals surface area contributed by atoms with Gasteiger partial charge in [-0.15, -0.1) is 10.2 Å². The van der Waals surface area contributed by atoms with Gasteiger partial charge >= 0.3 is 0 Å². The third kappa shape index (κ3) is 9.18. The third-order valence-corrected chi connectivity index (χ3v) is 6.89. The van der Waals surface area contributed by atoms with E-state index >= 15 is 0 Å². The van der Waals surface area contributed by atoms with Gasteiger partial charge in [0.05, 0.1) is 12.2 Å². The van der Waals surface area contributed by atoms with Crippen molar-refractivity contribution in [2.75, 3.05) is 43.4 Å². The van der Waals surface area contributed by atoms with Crippen LogP contribution in [0.4, 0.5) is 11.6 Å². The topological polar surface area (TPSA) is 130 Å². The van der Waals surface area contributed by atoms with Crippen LogP contribution in [0.2, 0.25) is 0 Å². The van der Waals surface area contributed by atoms with Crippen molar-refractivity contribution in [1.82, 2.24) is 25.1 Å². The predicted molar refractivity (Wildman–Crippen MR) is 163 cm³/mol. The molecule has 2 saturated heterocycles. The molecule has 2 atom stereocenters. The Bertz CT molecular complexity index is 1270. The lowest BCUT2D eigenvalue weighted by atomic mass is 10.1. The van der Waals surface area contributed by atoms with Gasteiger partial charge < -0.3 is 21.5 Å². The summed E-state index contributed by atoms with van der Waals surface area (Å²) in [7, 11) is 0. The second-order valence-corrected chi connectivity index (χ2v) is 10.2. The highest BCUT2D eigenvalue weighted by atomic mass is 16.3. The second-order valence-electron chi connectivity index (χ2n) is 10.2. The molecule has 4 heterocycles. The number of aromatic hydroxyl groups is 1. The van der Waals surface area contributed by atoms with Gasteiger partial charge in [-0.25, -0.2) is 9.97 Å². The lowest BCUT2D eigenvalue weighted by Gasteiger charge is -2.23. The van der Waals surface area contributed by atoms with Gasteiger partial charge in [0.15, 0.2) is 0 Å². The van der Waals surface area contributed by atoms with E-state index in [4.69, 9.17) is 11.5 Å². The van der Waals surface area contributed by atoms with Crippen LogP contribution in [-0.4, -0.2) is 68.9 Å². The van der Waals surface area contributed by atoms with Crippen molar-refractivity contribution in [1.29, 1.82) is 0 Å². The summed E-state index contributed by atoms with van der Waals surface area (Å²) >= 11 is 0. The number of aromatic nitrogens is 4. The lowest BCUT2D eigenvalue weighted by Crippen LogP contribution is -2.36. The molecule has 5 N–H and O–H groups in total. The lowest BCUT2D eigenvalue weighted by molar-refractivity contribution is 0.369. The van der Waals surface area contributed by atoms with Gasteiger partial charge in [-0.05, 0) is 74.4 Å². The molecule has 2 aromatic heterocycles. The Kier molecular flexibility index (Phi) is 12.1. The molecule has 214 valence electrons. The van der Waals surface area contributed by atoms with E-state index in [1.54, 1.807) is 30.5 Å². The van der Waals surface area contributed by atoms with E-state index in [2.05, 4.69) is 48.7 Å². The Morgan fingerprint density at radius 1 is 1.05 bits per heavy atom. The summed E-state index contributed by atoms with van der Waals surface area (Å²) in [6.45, 7) is 13.2. The zero-order valence-corrected chi connectivity index (χ0v) is 24.3. The average Bonchev–Trinajstić information content (AvgIpc) is 3.25. The molecule has 0 radical (unpaired) electrons. The van der Waals surface area contributed by atoms with Crippen LogP contribution in [-0.2, 0) is 0 Å². The minimum absolute atomic E-state index is 0.191. The summed E-state index contributed by atoms with van der Waals surface area (Å²) in [5.74, 6) is 9.31. The normalized spacial score (nSPS) is 18.8. The molecule has 0 spiro atoms. The maximum absolute atomic E-state index is 9.63. The molecule has 0 amide bonds. The molecule has 5 rings (SSSR count). The van der Waals surface area contributed by atoms with Crippen LogP contribution in [0.5, 0.6) is 5.75 Å². The van der Waals surface area contributed by atoms with E-state index in [1.165, 1.54) is 19.3 Å². The molecule has 0 saturated carbocycles. The van der Waals surface area contributed by atoms with Crippen LogP contribution in [0, 0.1) is 24.7 Å². The summed E-state index contributed by atoms with van der Waals surface area (Å²) in [6.07, 6.45) is 6.56. The zero-order chi connectivity index (χ0) is 28.9.